The minimum atomic E-state index is -0.494. The summed E-state index contributed by atoms with van der Waals surface area (Å²) >= 11 is 0. The van der Waals surface area contributed by atoms with E-state index in [1.165, 1.54) is 12.3 Å². The smallest absolute Gasteiger partial charge is 0.290 e. The number of nitrogens with zero attached hydrogens (tertiary/aromatic N) is 4. The molecule has 0 saturated carbocycles. The van der Waals surface area contributed by atoms with Gasteiger partial charge in [-0.25, -0.2) is 4.68 Å². The first-order chi connectivity index (χ1) is 14.6. The van der Waals surface area contributed by atoms with Gasteiger partial charge in [0.1, 0.15) is 23.7 Å². The molecule has 0 atom stereocenters. The number of hydrogen-bond acceptors (Lipinski definition) is 7. The van der Waals surface area contributed by atoms with Crippen molar-refractivity contribution in [3.05, 3.63) is 59.1 Å². The van der Waals surface area contributed by atoms with E-state index >= 15 is 0 Å². The zero-order valence-electron chi connectivity index (χ0n) is 16.7. The molecule has 1 amide bonds. The van der Waals surface area contributed by atoms with Crippen molar-refractivity contribution < 1.29 is 13.9 Å². The summed E-state index contributed by atoms with van der Waals surface area (Å²) in [6, 6.07) is 12.7. The van der Waals surface area contributed by atoms with E-state index in [1.807, 2.05) is 24.3 Å². The number of nitrogen functional groups attached to an aromatic ring is 1. The molecule has 1 aliphatic rings. The number of benzene rings is 1. The van der Waals surface area contributed by atoms with Crippen LogP contribution in [0.15, 0.2) is 57.9 Å². The van der Waals surface area contributed by atoms with Crippen molar-refractivity contribution >= 4 is 17.3 Å². The van der Waals surface area contributed by atoms with Crippen molar-refractivity contribution in [2.75, 3.05) is 43.9 Å². The summed E-state index contributed by atoms with van der Waals surface area (Å²) < 4.78 is 11.8. The molecule has 2 aromatic heterocycles. The molecule has 156 valence electrons. The van der Waals surface area contributed by atoms with Gasteiger partial charge < -0.3 is 24.7 Å². The third-order valence-corrected chi connectivity index (χ3v) is 5.12. The van der Waals surface area contributed by atoms with Gasteiger partial charge in [-0.1, -0.05) is 12.1 Å². The Morgan fingerprint density at radius 3 is 2.63 bits per heavy atom. The van der Waals surface area contributed by atoms with Crippen LogP contribution in [0.25, 0.3) is 11.5 Å². The summed E-state index contributed by atoms with van der Waals surface area (Å²) in [6.45, 7) is 2.25. The zero-order valence-corrected chi connectivity index (χ0v) is 16.7. The Hall–Kier alpha value is -3.75. The van der Waals surface area contributed by atoms with Crippen LogP contribution >= 0.6 is 0 Å². The highest BCUT2D eigenvalue weighted by molar-refractivity contribution is 5.76. The van der Waals surface area contributed by atoms with Crippen LogP contribution < -0.4 is 20.9 Å². The number of nitrogens with two attached hydrogens (primary N) is 1. The van der Waals surface area contributed by atoms with Crippen molar-refractivity contribution in [1.29, 1.82) is 0 Å². The molecule has 3 heterocycles. The fourth-order valence-corrected chi connectivity index (χ4v) is 3.53. The van der Waals surface area contributed by atoms with Crippen molar-refractivity contribution in [2.24, 2.45) is 0 Å². The number of piperazine rings is 1. The quantitative estimate of drug-likeness (QED) is 0.679. The van der Waals surface area contributed by atoms with Crippen molar-refractivity contribution in [1.82, 2.24) is 14.7 Å². The van der Waals surface area contributed by atoms with E-state index in [1.54, 1.807) is 24.1 Å². The summed E-state index contributed by atoms with van der Waals surface area (Å²) in [5.74, 6) is 1.10. The van der Waals surface area contributed by atoms with Gasteiger partial charge in [0, 0.05) is 26.2 Å². The number of para-hydroxylation sites is 2. The minimum Gasteiger partial charge on any atom is -0.495 e. The molecule has 30 heavy (non-hydrogen) atoms. The molecule has 1 saturated heterocycles. The largest absolute Gasteiger partial charge is 0.495 e. The van der Waals surface area contributed by atoms with E-state index in [-0.39, 0.29) is 18.1 Å². The second-order valence-corrected chi connectivity index (χ2v) is 6.96. The lowest BCUT2D eigenvalue weighted by Gasteiger charge is -2.36. The monoisotopic (exact) mass is 409 g/mol. The van der Waals surface area contributed by atoms with Crippen molar-refractivity contribution in [3.8, 4) is 17.2 Å². The average molecular weight is 409 g/mol. The third kappa shape index (κ3) is 3.86. The Balaban J connectivity index is 1.45. The Labute approximate surface area is 173 Å². The van der Waals surface area contributed by atoms with Crippen molar-refractivity contribution in [2.45, 2.75) is 6.54 Å². The van der Waals surface area contributed by atoms with E-state index < -0.39 is 5.56 Å². The number of rotatable bonds is 5. The molecule has 9 nitrogen and oxygen atoms in total. The Morgan fingerprint density at radius 1 is 1.17 bits per heavy atom. The van der Waals surface area contributed by atoms with Gasteiger partial charge in [-0.05, 0) is 30.3 Å². The first-order valence-corrected chi connectivity index (χ1v) is 9.64. The third-order valence-electron chi connectivity index (χ3n) is 5.12. The molecular weight excluding hydrogens is 386 g/mol. The van der Waals surface area contributed by atoms with Gasteiger partial charge >= 0.3 is 0 Å². The maximum Gasteiger partial charge on any atom is 0.290 e. The number of methoxy groups -OCH3 is 1. The van der Waals surface area contributed by atoms with E-state index in [0.29, 0.717) is 37.6 Å². The second kappa shape index (κ2) is 8.32. The van der Waals surface area contributed by atoms with Gasteiger partial charge in [0.05, 0.1) is 19.1 Å². The molecule has 0 spiro atoms. The SMILES string of the molecule is COc1ccccc1N1CCN(C(=O)Cn2nc(-c3ccco3)cc(N)c2=O)CC1. The number of aromatic nitrogens is 2. The van der Waals surface area contributed by atoms with Gasteiger partial charge in [0.25, 0.3) is 5.56 Å². The van der Waals surface area contributed by atoms with Crippen LogP contribution in [0.4, 0.5) is 11.4 Å². The minimum absolute atomic E-state index is 0.0187. The lowest BCUT2D eigenvalue weighted by Crippen LogP contribution is -2.50. The number of hydrogen-bond donors (Lipinski definition) is 1. The van der Waals surface area contributed by atoms with Crippen LogP contribution in [-0.2, 0) is 11.3 Å². The predicted molar refractivity (Wildman–Crippen MR) is 112 cm³/mol. The summed E-state index contributed by atoms with van der Waals surface area (Å²) in [5, 5.41) is 4.25. The van der Waals surface area contributed by atoms with E-state index in [2.05, 4.69) is 10.00 Å². The van der Waals surface area contributed by atoms with Crippen molar-refractivity contribution in [3.63, 3.8) is 0 Å². The average Bonchev–Trinajstić information content (AvgIpc) is 3.32. The molecular formula is C21H23N5O4. The van der Waals surface area contributed by atoms with Gasteiger partial charge in [0.15, 0.2) is 5.76 Å². The number of furan rings is 1. The molecule has 1 aromatic carbocycles. The molecule has 9 heteroatoms. The standard InChI is InChI=1S/C21H23N5O4/c1-29-19-6-3-2-5-17(19)24-8-10-25(11-9-24)20(27)14-26-21(28)15(22)13-16(23-26)18-7-4-12-30-18/h2-7,12-13H,8-11,14,22H2,1H3. The zero-order chi connectivity index (χ0) is 21.1. The first-order valence-electron chi connectivity index (χ1n) is 9.64. The topological polar surface area (TPSA) is 107 Å². The highest BCUT2D eigenvalue weighted by Gasteiger charge is 2.24. The number of carbonyl (C=O) groups is 1. The maximum atomic E-state index is 12.8. The Kier molecular flexibility index (Phi) is 5.42. The second-order valence-electron chi connectivity index (χ2n) is 6.96. The Bertz CT molecular complexity index is 1090. The molecule has 0 bridgehead atoms. The lowest BCUT2D eigenvalue weighted by molar-refractivity contribution is -0.132. The highest BCUT2D eigenvalue weighted by Crippen LogP contribution is 2.28. The van der Waals surface area contributed by atoms with Crippen LogP contribution in [-0.4, -0.2) is 53.9 Å². The first kappa shape index (κ1) is 19.6. The summed E-state index contributed by atoms with van der Waals surface area (Å²) in [7, 11) is 1.64. The number of anilines is 2. The Morgan fingerprint density at radius 2 is 1.93 bits per heavy atom. The van der Waals surface area contributed by atoms with Crippen LogP contribution in [0.5, 0.6) is 5.75 Å². The highest BCUT2D eigenvalue weighted by atomic mass is 16.5. The molecule has 1 fully saturated rings. The van der Waals surface area contributed by atoms with Gasteiger partial charge in [0.2, 0.25) is 5.91 Å². The van der Waals surface area contributed by atoms with Gasteiger partial charge in [-0.3, -0.25) is 9.59 Å². The number of carbonyl (C=O) groups excluding carboxylic acids is 1. The molecule has 3 aromatic rings. The van der Waals surface area contributed by atoms with E-state index in [4.69, 9.17) is 14.9 Å². The lowest BCUT2D eigenvalue weighted by atomic mass is 10.2. The van der Waals surface area contributed by atoms with Gasteiger partial charge in [-0.2, -0.15) is 5.10 Å². The van der Waals surface area contributed by atoms with Crippen LogP contribution in [0.1, 0.15) is 0 Å². The van der Waals surface area contributed by atoms with E-state index in [0.717, 1.165) is 16.1 Å². The van der Waals surface area contributed by atoms with Crippen LogP contribution in [0, 0.1) is 0 Å². The maximum absolute atomic E-state index is 12.8. The molecule has 0 radical (unpaired) electrons. The fraction of sp³-hybridized carbons (Fsp3) is 0.286. The fourth-order valence-electron chi connectivity index (χ4n) is 3.53. The molecule has 2 N–H and O–H groups in total. The molecule has 0 unspecified atom stereocenters. The summed E-state index contributed by atoms with van der Waals surface area (Å²) in [4.78, 5) is 29.1. The molecule has 0 aliphatic carbocycles. The van der Waals surface area contributed by atoms with Gasteiger partial charge in [-0.15, -0.1) is 0 Å². The normalized spacial score (nSPS) is 14.0. The number of amides is 1. The predicted octanol–water partition coefficient (Wildman–Crippen LogP) is 1.44. The molecule has 4 rings (SSSR count). The molecule has 1 aliphatic heterocycles. The number of ether oxygens (including phenoxy) is 1. The summed E-state index contributed by atoms with van der Waals surface area (Å²) in [6.07, 6.45) is 1.51. The van der Waals surface area contributed by atoms with E-state index in [9.17, 15) is 9.59 Å². The van der Waals surface area contributed by atoms with Crippen LogP contribution in [0.3, 0.4) is 0 Å². The summed E-state index contributed by atoms with van der Waals surface area (Å²) in [5.41, 5.74) is 6.77. The van der Waals surface area contributed by atoms with Crippen LogP contribution in [0.2, 0.25) is 0 Å².